The first-order valence-electron chi connectivity index (χ1n) is 11.1. The number of nitrogens with one attached hydrogen (secondary N) is 1. The molecule has 1 aliphatic rings. The van der Waals surface area contributed by atoms with Crippen molar-refractivity contribution in [1.29, 1.82) is 0 Å². The first-order valence-corrected chi connectivity index (χ1v) is 12.7. The zero-order chi connectivity index (χ0) is 24.0. The van der Waals surface area contributed by atoms with E-state index in [9.17, 15) is 0 Å². The van der Waals surface area contributed by atoms with Gasteiger partial charge in [0.15, 0.2) is 5.11 Å². The van der Waals surface area contributed by atoms with Gasteiger partial charge in [-0.05, 0) is 98.7 Å². The minimum Gasteiger partial charge on any atom is -0.351 e. The molecule has 0 radical (unpaired) electrons. The Labute approximate surface area is 218 Å². The topological polar surface area (TPSA) is 33.1 Å². The van der Waals surface area contributed by atoms with Gasteiger partial charge in [0.05, 0.1) is 17.8 Å². The molecule has 1 fully saturated rings. The zero-order valence-corrected chi connectivity index (χ0v) is 22.2. The van der Waals surface area contributed by atoms with E-state index >= 15 is 0 Å². The Morgan fingerprint density at radius 2 is 1.76 bits per heavy atom. The van der Waals surface area contributed by atoms with Crippen LogP contribution in [0.15, 0.2) is 77.4 Å². The van der Waals surface area contributed by atoms with Gasteiger partial charge in [-0.15, -0.1) is 0 Å². The standard InChI is InChI=1S/C27H24BrClN4S/c1-16-15-21(18(3)32(16)24-9-6-7-22(29)17(24)2)26-25(23-8-4-5-14-30-23)31-27(34)33(26)20-12-10-19(28)11-13-20/h4-15,25-26H,1-3H3,(H,31,34)/t25-,26-/m1/s1. The van der Waals surface area contributed by atoms with Crippen molar-refractivity contribution in [2.45, 2.75) is 32.9 Å². The molecule has 2 aromatic heterocycles. The lowest BCUT2D eigenvalue weighted by molar-refractivity contribution is 0.565. The number of rotatable bonds is 4. The van der Waals surface area contributed by atoms with Crippen LogP contribution in [0.25, 0.3) is 5.69 Å². The zero-order valence-electron chi connectivity index (χ0n) is 19.1. The van der Waals surface area contributed by atoms with Crippen molar-refractivity contribution in [2.24, 2.45) is 0 Å². The van der Waals surface area contributed by atoms with Gasteiger partial charge < -0.3 is 14.8 Å². The lowest BCUT2D eigenvalue weighted by atomic mass is 9.96. The second-order valence-electron chi connectivity index (χ2n) is 8.52. The summed E-state index contributed by atoms with van der Waals surface area (Å²) in [6.45, 7) is 6.36. The first-order chi connectivity index (χ1) is 16.4. The molecule has 2 atom stereocenters. The van der Waals surface area contributed by atoms with Crippen LogP contribution in [-0.4, -0.2) is 14.7 Å². The van der Waals surface area contributed by atoms with Crippen LogP contribution in [0.5, 0.6) is 0 Å². The molecule has 0 saturated carbocycles. The highest BCUT2D eigenvalue weighted by Gasteiger charge is 2.42. The summed E-state index contributed by atoms with van der Waals surface area (Å²) < 4.78 is 3.31. The molecule has 2 aromatic carbocycles. The summed E-state index contributed by atoms with van der Waals surface area (Å²) in [6.07, 6.45) is 1.83. The maximum Gasteiger partial charge on any atom is 0.174 e. The molecule has 7 heteroatoms. The van der Waals surface area contributed by atoms with Crippen LogP contribution < -0.4 is 10.2 Å². The third-order valence-electron chi connectivity index (χ3n) is 6.47. The fourth-order valence-corrected chi connectivity index (χ4v) is 5.63. The smallest absolute Gasteiger partial charge is 0.174 e. The number of nitrogens with zero attached hydrogens (tertiary/aromatic N) is 3. The predicted molar refractivity (Wildman–Crippen MR) is 147 cm³/mol. The summed E-state index contributed by atoms with van der Waals surface area (Å²) in [5, 5.41) is 5.00. The van der Waals surface area contributed by atoms with Gasteiger partial charge in [0.2, 0.25) is 0 Å². The Hall–Kier alpha value is -2.67. The van der Waals surface area contributed by atoms with Gasteiger partial charge in [0.25, 0.3) is 0 Å². The SMILES string of the molecule is Cc1c(Cl)cccc1-n1c(C)cc([C@@H]2[C@@H](c3ccccn3)NC(=S)N2c2ccc(Br)cc2)c1C. The number of aromatic nitrogens is 2. The van der Waals surface area contributed by atoms with Gasteiger partial charge in [-0.2, -0.15) is 0 Å². The van der Waals surface area contributed by atoms with E-state index in [0.29, 0.717) is 5.11 Å². The largest absolute Gasteiger partial charge is 0.351 e. The number of thiocarbonyl (C=S) groups is 1. The fourth-order valence-electron chi connectivity index (χ4n) is 4.85. The molecule has 3 heterocycles. The second kappa shape index (κ2) is 9.17. The summed E-state index contributed by atoms with van der Waals surface area (Å²) in [5.74, 6) is 0. The summed E-state index contributed by atoms with van der Waals surface area (Å²) in [7, 11) is 0. The molecular weight excluding hydrogens is 528 g/mol. The van der Waals surface area contributed by atoms with Crippen molar-refractivity contribution in [1.82, 2.24) is 14.9 Å². The lowest BCUT2D eigenvalue weighted by Crippen LogP contribution is -2.29. The summed E-state index contributed by atoms with van der Waals surface area (Å²) in [4.78, 5) is 6.88. The van der Waals surface area contributed by atoms with Gasteiger partial charge in [-0.3, -0.25) is 4.98 Å². The van der Waals surface area contributed by atoms with Crippen molar-refractivity contribution in [3.63, 3.8) is 0 Å². The van der Waals surface area contributed by atoms with Gasteiger partial charge in [-0.1, -0.05) is 39.7 Å². The van der Waals surface area contributed by atoms with Crippen LogP contribution in [0.4, 0.5) is 5.69 Å². The minimum atomic E-state index is -0.0910. The minimum absolute atomic E-state index is 0.0667. The van der Waals surface area contributed by atoms with Gasteiger partial charge in [0.1, 0.15) is 0 Å². The van der Waals surface area contributed by atoms with Crippen LogP contribution >= 0.6 is 39.7 Å². The van der Waals surface area contributed by atoms with E-state index in [-0.39, 0.29) is 12.1 Å². The van der Waals surface area contributed by atoms with Crippen molar-refractivity contribution in [3.05, 3.63) is 111 Å². The number of hydrogen-bond donors (Lipinski definition) is 1. The maximum atomic E-state index is 6.48. The lowest BCUT2D eigenvalue weighted by Gasteiger charge is -2.28. The third kappa shape index (κ3) is 3.94. The van der Waals surface area contributed by atoms with Crippen LogP contribution in [0.1, 0.15) is 40.3 Å². The van der Waals surface area contributed by atoms with Gasteiger partial charge in [0, 0.05) is 38.5 Å². The molecular formula is C27H24BrClN4S. The van der Waals surface area contributed by atoms with Crippen LogP contribution in [-0.2, 0) is 0 Å². The van der Waals surface area contributed by atoms with Crippen molar-refractivity contribution in [2.75, 3.05) is 4.90 Å². The third-order valence-corrected chi connectivity index (χ3v) is 7.72. The molecule has 1 N–H and O–H groups in total. The number of benzene rings is 2. The van der Waals surface area contributed by atoms with E-state index in [2.05, 4.69) is 86.8 Å². The Kier molecular flexibility index (Phi) is 6.23. The monoisotopic (exact) mass is 550 g/mol. The number of halogens is 2. The van der Waals surface area contributed by atoms with Crippen LogP contribution in [0, 0.1) is 20.8 Å². The summed E-state index contributed by atoms with van der Waals surface area (Å²) >= 11 is 15.9. The number of hydrogen-bond acceptors (Lipinski definition) is 2. The van der Waals surface area contributed by atoms with E-state index in [4.69, 9.17) is 23.8 Å². The van der Waals surface area contributed by atoms with E-state index in [1.807, 2.05) is 42.6 Å². The van der Waals surface area contributed by atoms with E-state index < -0.39 is 0 Å². The molecule has 0 bridgehead atoms. The molecule has 5 rings (SSSR count). The maximum absolute atomic E-state index is 6.48. The number of anilines is 1. The van der Waals surface area contributed by atoms with E-state index in [0.717, 1.165) is 43.5 Å². The molecule has 172 valence electrons. The molecule has 4 aromatic rings. The average Bonchev–Trinajstić information content (AvgIpc) is 3.32. The van der Waals surface area contributed by atoms with Gasteiger partial charge in [-0.25, -0.2) is 0 Å². The number of aryl methyl sites for hydroxylation is 1. The summed E-state index contributed by atoms with van der Waals surface area (Å²) in [5.41, 5.74) is 7.64. The van der Waals surface area contributed by atoms with E-state index in [1.165, 1.54) is 5.56 Å². The number of pyridine rings is 1. The molecule has 1 saturated heterocycles. The van der Waals surface area contributed by atoms with Crippen molar-refractivity contribution in [3.8, 4) is 5.69 Å². The molecule has 4 nitrogen and oxygen atoms in total. The second-order valence-corrected chi connectivity index (χ2v) is 10.2. The molecule has 0 amide bonds. The summed E-state index contributed by atoms with van der Waals surface area (Å²) in [6, 6.07) is 22.4. The predicted octanol–water partition coefficient (Wildman–Crippen LogP) is 7.39. The Bertz CT molecular complexity index is 1370. The Morgan fingerprint density at radius 1 is 1.00 bits per heavy atom. The van der Waals surface area contributed by atoms with Crippen molar-refractivity contribution >= 4 is 50.5 Å². The fraction of sp³-hybridized carbons (Fsp3) is 0.185. The normalized spacial score (nSPS) is 17.8. The molecule has 1 aliphatic heterocycles. The van der Waals surface area contributed by atoms with Gasteiger partial charge >= 0.3 is 0 Å². The average molecular weight is 552 g/mol. The Morgan fingerprint density at radius 3 is 2.47 bits per heavy atom. The van der Waals surface area contributed by atoms with Crippen molar-refractivity contribution < 1.29 is 0 Å². The molecule has 34 heavy (non-hydrogen) atoms. The van der Waals surface area contributed by atoms with Crippen LogP contribution in [0.2, 0.25) is 5.02 Å². The quantitative estimate of drug-likeness (QED) is 0.268. The highest BCUT2D eigenvalue weighted by Crippen LogP contribution is 2.44. The van der Waals surface area contributed by atoms with Crippen LogP contribution in [0.3, 0.4) is 0 Å². The molecule has 0 unspecified atom stereocenters. The highest BCUT2D eigenvalue weighted by atomic mass is 79.9. The van der Waals surface area contributed by atoms with E-state index in [1.54, 1.807) is 0 Å². The molecule has 0 spiro atoms. The Balaban J connectivity index is 1.70. The molecule has 0 aliphatic carbocycles. The highest BCUT2D eigenvalue weighted by molar-refractivity contribution is 9.10. The first kappa shape index (κ1) is 23.1.